The maximum absolute atomic E-state index is 13.0. The van der Waals surface area contributed by atoms with Gasteiger partial charge < -0.3 is 5.32 Å². The second-order valence-electron chi connectivity index (χ2n) is 7.65. The third-order valence-electron chi connectivity index (χ3n) is 5.68. The van der Waals surface area contributed by atoms with Crippen LogP contribution in [0, 0.1) is 23.6 Å². The van der Waals surface area contributed by atoms with Crippen LogP contribution in [0.1, 0.15) is 36.5 Å². The van der Waals surface area contributed by atoms with Gasteiger partial charge in [0, 0.05) is 11.3 Å². The van der Waals surface area contributed by atoms with Crippen molar-refractivity contribution in [2.45, 2.75) is 26.2 Å². The first kappa shape index (κ1) is 18.3. The Morgan fingerprint density at radius 1 is 0.964 bits per heavy atom. The number of imide groups is 1. The number of halogens is 1. The molecule has 1 aliphatic carbocycles. The van der Waals surface area contributed by atoms with Crippen molar-refractivity contribution in [3.63, 3.8) is 0 Å². The Labute approximate surface area is 162 Å². The minimum Gasteiger partial charge on any atom is -0.322 e. The van der Waals surface area contributed by atoms with Gasteiger partial charge in [-0.25, -0.2) is 4.39 Å². The lowest BCUT2D eigenvalue weighted by molar-refractivity contribution is -0.122. The van der Waals surface area contributed by atoms with Crippen molar-refractivity contribution in [1.82, 2.24) is 0 Å². The fraction of sp³-hybridized carbons (Fsp3) is 0.318. The Bertz CT molecular complexity index is 924. The summed E-state index contributed by atoms with van der Waals surface area (Å²) in [6.45, 7) is 2.12. The highest BCUT2D eigenvalue weighted by atomic mass is 19.1. The summed E-state index contributed by atoms with van der Waals surface area (Å²) in [5.74, 6) is -0.981. The zero-order valence-electron chi connectivity index (χ0n) is 15.5. The minimum absolute atomic E-state index is 0.134. The number of benzene rings is 2. The quantitative estimate of drug-likeness (QED) is 0.819. The largest absolute Gasteiger partial charge is 0.322 e. The topological polar surface area (TPSA) is 66.5 Å². The molecule has 0 radical (unpaired) electrons. The molecule has 0 aromatic heterocycles. The van der Waals surface area contributed by atoms with E-state index in [-0.39, 0.29) is 35.4 Å². The molecule has 0 spiro atoms. The molecule has 1 heterocycles. The lowest BCUT2D eigenvalue weighted by Gasteiger charge is -2.25. The molecule has 2 aliphatic rings. The number of anilines is 2. The van der Waals surface area contributed by atoms with Gasteiger partial charge in [0.25, 0.3) is 5.91 Å². The maximum atomic E-state index is 13.0. The highest BCUT2D eigenvalue weighted by Crippen LogP contribution is 2.42. The molecule has 0 bridgehead atoms. The van der Waals surface area contributed by atoms with E-state index in [4.69, 9.17) is 0 Å². The molecule has 3 amide bonds. The number of rotatable bonds is 3. The Hall–Kier alpha value is -3.02. The van der Waals surface area contributed by atoms with Crippen molar-refractivity contribution in [3.05, 3.63) is 59.9 Å². The zero-order chi connectivity index (χ0) is 19.8. The molecular weight excluding hydrogens is 359 g/mol. The Balaban J connectivity index is 1.50. The normalized spacial score (nSPS) is 24.2. The average Bonchev–Trinajstić information content (AvgIpc) is 2.93. The first-order valence-electron chi connectivity index (χ1n) is 9.49. The van der Waals surface area contributed by atoms with Crippen LogP contribution in [0.4, 0.5) is 15.8 Å². The maximum Gasteiger partial charge on any atom is 0.255 e. The van der Waals surface area contributed by atoms with Gasteiger partial charge in [-0.1, -0.05) is 6.92 Å². The molecule has 1 N–H and O–H groups in total. The fourth-order valence-corrected chi connectivity index (χ4v) is 4.14. The lowest BCUT2D eigenvalue weighted by atomic mass is 9.76. The van der Waals surface area contributed by atoms with E-state index in [1.54, 1.807) is 24.3 Å². The van der Waals surface area contributed by atoms with Crippen LogP contribution in [-0.2, 0) is 9.59 Å². The molecule has 28 heavy (non-hydrogen) atoms. The number of amides is 3. The number of fused-ring (bicyclic) bond motifs is 1. The molecule has 6 heteroatoms. The predicted octanol–water partition coefficient (Wildman–Crippen LogP) is 4.00. The highest BCUT2D eigenvalue weighted by molar-refractivity contribution is 6.22. The van der Waals surface area contributed by atoms with Crippen molar-refractivity contribution < 1.29 is 18.8 Å². The molecule has 144 valence electrons. The van der Waals surface area contributed by atoms with Crippen LogP contribution < -0.4 is 10.2 Å². The molecule has 3 atom stereocenters. The summed E-state index contributed by atoms with van der Waals surface area (Å²) in [6, 6.07) is 11.9. The van der Waals surface area contributed by atoms with Gasteiger partial charge in [-0.2, -0.15) is 0 Å². The summed E-state index contributed by atoms with van der Waals surface area (Å²) < 4.78 is 13.0. The van der Waals surface area contributed by atoms with Crippen molar-refractivity contribution in [1.29, 1.82) is 0 Å². The monoisotopic (exact) mass is 380 g/mol. The summed E-state index contributed by atoms with van der Waals surface area (Å²) in [7, 11) is 0. The number of hydrogen-bond donors (Lipinski definition) is 1. The standard InChI is InChI=1S/C22H21FN2O3/c1-13-2-11-18-19(12-13)22(28)25(21(18)27)17-9-3-14(4-10-17)20(26)24-16-7-5-15(23)6-8-16/h3-10,13,18-19H,2,11-12H2,1H3,(H,24,26). The van der Waals surface area contributed by atoms with Gasteiger partial charge >= 0.3 is 0 Å². The molecule has 5 nitrogen and oxygen atoms in total. The van der Waals surface area contributed by atoms with E-state index in [1.807, 2.05) is 0 Å². The van der Waals surface area contributed by atoms with E-state index in [1.165, 1.54) is 29.2 Å². The molecule has 4 rings (SSSR count). The van der Waals surface area contributed by atoms with Gasteiger partial charge in [-0.15, -0.1) is 0 Å². The number of carbonyl (C=O) groups excluding carboxylic acids is 3. The van der Waals surface area contributed by atoms with Crippen LogP contribution in [0.3, 0.4) is 0 Å². The van der Waals surface area contributed by atoms with E-state index in [2.05, 4.69) is 12.2 Å². The van der Waals surface area contributed by atoms with Crippen molar-refractivity contribution in [2.24, 2.45) is 17.8 Å². The predicted molar refractivity (Wildman–Crippen MR) is 103 cm³/mol. The van der Waals surface area contributed by atoms with Crippen LogP contribution in [0.5, 0.6) is 0 Å². The Kier molecular flexibility index (Phi) is 4.71. The third-order valence-corrected chi connectivity index (χ3v) is 5.68. The Morgan fingerprint density at radius 2 is 1.61 bits per heavy atom. The van der Waals surface area contributed by atoms with E-state index >= 15 is 0 Å². The summed E-state index contributed by atoms with van der Waals surface area (Å²) in [5, 5.41) is 2.68. The number of hydrogen-bond acceptors (Lipinski definition) is 3. The molecule has 1 saturated heterocycles. The smallest absolute Gasteiger partial charge is 0.255 e. The summed E-state index contributed by atoms with van der Waals surface area (Å²) in [5.41, 5.74) is 1.37. The lowest BCUT2D eigenvalue weighted by Crippen LogP contribution is -2.30. The number of nitrogens with one attached hydrogen (secondary N) is 1. The van der Waals surface area contributed by atoms with Gasteiger partial charge in [0.05, 0.1) is 17.5 Å². The van der Waals surface area contributed by atoms with E-state index in [9.17, 15) is 18.8 Å². The molecule has 1 aliphatic heterocycles. The van der Waals surface area contributed by atoms with Crippen LogP contribution in [0.25, 0.3) is 0 Å². The second kappa shape index (κ2) is 7.19. The first-order valence-corrected chi connectivity index (χ1v) is 9.49. The van der Waals surface area contributed by atoms with Gasteiger partial charge in [0.15, 0.2) is 0 Å². The van der Waals surface area contributed by atoms with Crippen molar-refractivity contribution in [3.8, 4) is 0 Å². The van der Waals surface area contributed by atoms with E-state index < -0.39 is 0 Å². The van der Waals surface area contributed by atoms with Crippen LogP contribution >= 0.6 is 0 Å². The van der Waals surface area contributed by atoms with E-state index in [0.29, 0.717) is 22.9 Å². The second-order valence-corrected chi connectivity index (χ2v) is 7.65. The third kappa shape index (κ3) is 3.30. The number of carbonyl (C=O) groups is 3. The van der Waals surface area contributed by atoms with Crippen LogP contribution in [0.2, 0.25) is 0 Å². The van der Waals surface area contributed by atoms with Gasteiger partial charge in [-0.05, 0) is 73.7 Å². The highest BCUT2D eigenvalue weighted by Gasteiger charge is 2.49. The summed E-state index contributed by atoms with van der Waals surface area (Å²) >= 11 is 0. The molecule has 2 aromatic rings. The Morgan fingerprint density at radius 3 is 2.29 bits per heavy atom. The van der Waals surface area contributed by atoms with Crippen molar-refractivity contribution >= 4 is 29.1 Å². The minimum atomic E-state index is -0.378. The molecule has 1 saturated carbocycles. The molecule has 2 aromatic carbocycles. The van der Waals surface area contributed by atoms with Crippen LogP contribution in [0.15, 0.2) is 48.5 Å². The van der Waals surface area contributed by atoms with Gasteiger partial charge in [0.1, 0.15) is 5.82 Å². The van der Waals surface area contributed by atoms with Gasteiger partial charge in [0.2, 0.25) is 11.8 Å². The average molecular weight is 380 g/mol. The molecule has 3 unspecified atom stereocenters. The number of nitrogens with zero attached hydrogens (tertiary/aromatic N) is 1. The van der Waals surface area contributed by atoms with E-state index in [0.717, 1.165) is 19.3 Å². The molecular formula is C22H21FN2O3. The fourth-order valence-electron chi connectivity index (χ4n) is 4.14. The van der Waals surface area contributed by atoms with Crippen LogP contribution in [-0.4, -0.2) is 17.7 Å². The SMILES string of the molecule is CC1CCC2C(=O)N(c3ccc(C(=O)Nc4ccc(F)cc4)cc3)C(=O)C2C1. The first-order chi connectivity index (χ1) is 13.4. The summed E-state index contributed by atoms with van der Waals surface area (Å²) in [4.78, 5) is 39.1. The van der Waals surface area contributed by atoms with Gasteiger partial charge in [-0.3, -0.25) is 19.3 Å². The van der Waals surface area contributed by atoms with Crippen molar-refractivity contribution in [2.75, 3.05) is 10.2 Å². The zero-order valence-corrected chi connectivity index (χ0v) is 15.5. The molecule has 2 fully saturated rings. The summed E-state index contributed by atoms with van der Waals surface area (Å²) in [6.07, 6.45) is 2.48.